The number of methoxy groups -OCH3 is 2. The predicted molar refractivity (Wildman–Crippen MR) is 149 cm³/mol. The van der Waals surface area contributed by atoms with E-state index in [9.17, 15) is 0 Å². The highest BCUT2D eigenvalue weighted by molar-refractivity contribution is 9.11. The second-order valence-electron chi connectivity index (χ2n) is 12.0. The molecule has 1 aromatic carbocycles. The summed E-state index contributed by atoms with van der Waals surface area (Å²) in [4.78, 5) is 0. The minimum Gasteiger partial charge on any atom is -0.494 e. The van der Waals surface area contributed by atoms with Crippen molar-refractivity contribution in [2.45, 2.75) is 105 Å². The SMILES string of the molecule is CCC1=C(OC)P1(=Nc1c(C(C)(C)C)cc(C(C)(C)C)cc1C(C)(C)C)/C(CC)=C(/Br)OC. The zero-order chi connectivity index (χ0) is 25.6. The average molecular weight is 539 g/mol. The highest BCUT2D eigenvalue weighted by atomic mass is 79.9. The molecular formula is C28H45BrNO2P. The van der Waals surface area contributed by atoms with E-state index in [1.165, 1.54) is 27.3 Å². The molecule has 1 heterocycles. The lowest BCUT2D eigenvalue weighted by molar-refractivity contribution is 0.323. The van der Waals surface area contributed by atoms with Crippen LogP contribution < -0.4 is 0 Å². The number of halogens is 1. The van der Waals surface area contributed by atoms with E-state index in [-0.39, 0.29) is 16.2 Å². The van der Waals surface area contributed by atoms with Gasteiger partial charge in [0.25, 0.3) is 0 Å². The number of rotatable bonds is 6. The number of nitrogens with zero attached hydrogens (tertiary/aromatic N) is 1. The Morgan fingerprint density at radius 1 is 0.879 bits per heavy atom. The molecule has 0 bridgehead atoms. The highest BCUT2D eigenvalue weighted by Crippen LogP contribution is 2.87. The quantitative estimate of drug-likeness (QED) is 0.266. The van der Waals surface area contributed by atoms with Crippen LogP contribution in [0.3, 0.4) is 0 Å². The number of allylic oxidation sites excluding steroid dienone is 2. The van der Waals surface area contributed by atoms with Crippen molar-refractivity contribution >= 4 is 28.7 Å². The fourth-order valence-corrected chi connectivity index (χ4v) is 9.47. The van der Waals surface area contributed by atoms with E-state index in [0.717, 1.165) is 28.7 Å². The average Bonchev–Trinajstić information content (AvgIpc) is 3.31. The second kappa shape index (κ2) is 9.57. The predicted octanol–water partition coefficient (Wildman–Crippen LogP) is 10.3. The number of benzene rings is 1. The van der Waals surface area contributed by atoms with E-state index in [4.69, 9.17) is 14.2 Å². The lowest BCUT2D eigenvalue weighted by Gasteiger charge is -2.32. The van der Waals surface area contributed by atoms with Crippen molar-refractivity contribution in [1.29, 1.82) is 0 Å². The highest BCUT2D eigenvalue weighted by Gasteiger charge is 2.51. The molecule has 0 fully saturated rings. The van der Waals surface area contributed by atoms with Gasteiger partial charge in [-0.1, -0.05) is 88.3 Å². The molecule has 0 spiro atoms. The lowest BCUT2D eigenvalue weighted by atomic mass is 9.74. The summed E-state index contributed by atoms with van der Waals surface area (Å²) in [7, 11) is 1.38. The molecule has 1 aliphatic rings. The van der Waals surface area contributed by atoms with Crippen LogP contribution in [-0.4, -0.2) is 14.2 Å². The molecular weight excluding hydrogens is 493 g/mol. The van der Waals surface area contributed by atoms with Crippen LogP contribution in [0.1, 0.15) is 106 Å². The summed E-state index contributed by atoms with van der Waals surface area (Å²) in [5, 5.41) is 2.56. The number of hydrogen-bond acceptors (Lipinski definition) is 3. The Morgan fingerprint density at radius 3 is 1.64 bits per heavy atom. The van der Waals surface area contributed by atoms with Crippen LogP contribution in [0.2, 0.25) is 0 Å². The van der Waals surface area contributed by atoms with Gasteiger partial charge in [0.15, 0.2) is 4.67 Å². The van der Waals surface area contributed by atoms with Crippen LogP contribution in [0.15, 0.2) is 37.7 Å². The topological polar surface area (TPSA) is 30.8 Å². The van der Waals surface area contributed by atoms with Gasteiger partial charge in [-0.05, 0) is 61.7 Å². The smallest absolute Gasteiger partial charge is 0.167 e. The molecule has 0 saturated heterocycles. The molecule has 0 aliphatic carbocycles. The van der Waals surface area contributed by atoms with Gasteiger partial charge in [0.2, 0.25) is 0 Å². The van der Waals surface area contributed by atoms with Crippen LogP contribution in [0, 0.1) is 0 Å². The third-order valence-electron chi connectivity index (χ3n) is 6.38. The van der Waals surface area contributed by atoms with Gasteiger partial charge in [0.1, 0.15) is 5.50 Å². The molecule has 5 heteroatoms. The Labute approximate surface area is 211 Å². The summed E-state index contributed by atoms with van der Waals surface area (Å²) in [6, 6.07) is 4.79. The first kappa shape index (κ1) is 28.2. The van der Waals surface area contributed by atoms with E-state index in [1.807, 2.05) is 0 Å². The molecule has 3 nitrogen and oxygen atoms in total. The Morgan fingerprint density at radius 2 is 1.36 bits per heavy atom. The zero-order valence-corrected chi connectivity index (χ0v) is 25.6. The minimum absolute atomic E-state index is 0.0473. The van der Waals surface area contributed by atoms with E-state index in [0.29, 0.717) is 0 Å². The number of hydrogen-bond donors (Lipinski definition) is 0. The molecule has 0 N–H and O–H groups in total. The van der Waals surface area contributed by atoms with Gasteiger partial charge in [-0.15, -0.1) is 0 Å². The van der Waals surface area contributed by atoms with E-state index < -0.39 is 7.05 Å². The van der Waals surface area contributed by atoms with Gasteiger partial charge in [0, 0.05) is 10.6 Å². The van der Waals surface area contributed by atoms with E-state index in [1.54, 1.807) is 14.2 Å². The Bertz CT molecular complexity index is 974. The van der Waals surface area contributed by atoms with Crippen molar-refractivity contribution in [3.63, 3.8) is 0 Å². The second-order valence-corrected chi connectivity index (χ2v) is 15.7. The van der Waals surface area contributed by atoms with E-state index >= 15 is 0 Å². The third kappa shape index (κ3) is 5.32. The maximum absolute atomic E-state index is 5.98. The fourth-order valence-electron chi connectivity index (χ4n) is 4.42. The van der Waals surface area contributed by atoms with Gasteiger partial charge in [-0.3, -0.25) is 4.74 Å². The molecule has 33 heavy (non-hydrogen) atoms. The Hall–Kier alpha value is -0.990. The molecule has 0 amide bonds. The van der Waals surface area contributed by atoms with Gasteiger partial charge in [-0.2, -0.15) is 0 Å². The Kier molecular flexibility index (Phi) is 8.20. The molecule has 2 rings (SSSR count). The largest absolute Gasteiger partial charge is 0.494 e. The zero-order valence-electron chi connectivity index (χ0n) is 23.2. The third-order valence-corrected chi connectivity index (χ3v) is 11.4. The van der Waals surface area contributed by atoms with Gasteiger partial charge < -0.3 is 9.47 Å². The number of ether oxygens (including phenoxy) is 2. The van der Waals surface area contributed by atoms with Gasteiger partial charge in [0.05, 0.1) is 27.0 Å². The first-order valence-corrected chi connectivity index (χ1v) is 14.6. The van der Waals surface area contributed by atoms with Crippen LogP contribution in [0.5, 0.6) is 0 Å². The van der Waals surface area contributed by atoms with Crippen molar-refractivity contribution in [1.82, 2.24) is 0 Å². The van der Waals surface area contributed by atoms with Crippen LogP contribution in [-0.2, 0) is 25.7 Å². The molecule has 1 atom stereocenters. The summed E-state index contributed by atoms with van der Waals surface area (Å²) in [6.45, 7) is 25.0. The van der Waals surface area contributed by atoms with Crippen molar-refractivity contribution in [3.05, 3.63) is 49.6 Å². The first-order chi connectivity index (χ1) is 15.0. The summed E-state index contributed by atoms with van der Waals surface area (Å²) >= 11 is 3.70. The van der Waals surface area contributed by atoms with Crippen molar-refractivity contribution in [2.24, 2.45) is 4.74 Å². The fraction of sp³-hybridized carbons (Fsp3) is 0.643. The Balaban J connectivity index is 3.12. The van der Waals surface area contributed by atoms with Crippen molar-refractivity contribution in [2.75, 3.05) is 14.2 Å². The maximum Gasteiger partial charge on any atom is 0.167 e. The van der Waals surface area contributed by atoms with Crippen LogP contribution >= 0.6 is 23.0 Å². The minimum atomic E-state index is -2.12. The first-order valence-electron chi connectivity index (χ1n) is 12.0. The molecule has 1 aliphatic heterocycles. The van der Waals surface area contributed by atoms with Crippen LogP contribution in [0.25, 0.3) is 0 Å². The molecule has 186 valence electrons. The summed E-state index contributed by atoms with van der Waals surface area (Å²) in [5.41, 5.74) is 6.14. The van der Waals surface area contributed by atoms with Gasteiger partial charge in [-0.25, -0.2) is 0 Å². The van der Waals surface area contributed by atoms with Crippen LogP contribution in [0.4, 0.5) is 5.69 Å². The molecule has 0 radical (unpaired) electrons. The normalized spacial score (nSPS) is 19.9. The van der Waals surface area contributed by atoms with Crippen molar-refractivity contribution in [3.8, 4) is 0 Å². The summed E-state index contributed by atoms with van der Waals surface area (Å²) < 4.78 is 18.2. The molecule has 1 aromatic rings. The van der Waals surface area contributed by atoms with Crippen molar-refractivity contribution < 1.29 is 9.47 Å². The molecule has 1 unspecified atom stereocenters. The van der Waals surface area contributed by atoms with E-state index in [2.05, 4.69) is 104 Å². The summed E-state index contributed by atoms with van der Waals surface area (Å²) in [5.74, 6) is 0. The maximum atomic E-state index is 5.98. The lowest BCUT2D eigenvalue weighted by Crippen LogP contribution is -2.21. The monoisotopic (exact) mass is 537 g/mol. The summed E-state index contributed by atoms with van der Waals surface area (Å²) in [6.07, 6.45) is 1.79. The molecule has 0 aromatic heterocycles. The standard InChI is InChI=1S/C28H45BrNO2P/c1-14-21(24(29)31-12)33(22(15-2)25(33)32-13)30-23-19(27(6,7)8)16-18(26(3,4)5)17-20(23)28(9,10)11/h16-17H,14-15H2,1-13H3/b24-21-. The molecule has 0 saturated carbocycles. The van der Waals surface area contributed by atoms with Gasteiger partial charge >= 0.3 is 0 Å².